The van der Waals surface area contributed by atoms with Crippen molar-refractivity contribution in [3.63, 3.8) is 0 Å². The van der Waals surface area contributed by atoms with Crippen LogP contribution < -0.4 is 0 Å². The van der Waals surface area contributed by atoms with E-state index in [2.05, 4.69) is 16.9 Å². The van der Waals surface area contributed by atoms with Crippen LogP contribution in [0.15, 0.2) is 11.6 Å². The molecule has 1 aliphatic carbocycles. The predicted octanol–water partition coefficient (Wildman–Crippen LogP) is 1.88. The first-order valence-corrected chi connectivity index (χ1v) is 6.42. The molecule has 3 nitrogen and oxygen atoms in total. The van der Waals surface area contributed by atoms with E-state index in [1.54, 1.807) is 11.3 Å². The molecule has 1 aliphatic rings. The van der Waals surface area contributed by atoms with Gasteiger partial charge in [0.2, 0.25) is 0 Å². The molecule has 0 radical (unpaired) electrons. The van der Waals surface area contributed by atoms with Gasteiger partial charge in [0, 0.05) is 17.6 Å². The van der Waals surface area contributed by atoms with Crippen molar-refractivity contribution in [1.82, 2.24) is 9.88 Å². The topological polar surface area (TPSA) is 36.4 Å². The number of hydrogen-bond acceptors (Lipinski definition) is 4. The van der Waals surface area contributed by atoms with Crippen LogP contribution in [0.3, 0.4) is 0 Å². The molecular weight excluding hydrogens is 208 g/mol. The number of nitrogens with zero attached hydrogens (tertiary/aromatic N) is 2. The first-order valence-electron chi connectivity index (χ1n) is 5.54. The van der Waals surface area contributed by atoms with Gasteiger partial charge in [0.15, 0.2) is 0 Å². The zero-order chi connectivity index (χ0) is 10.7. The summed E-state index contributed by atoms with van der Waals surface area (Å²) in [5, 5.41) is 13.0. The standard InChI is InChI=1S/C11H18N2OS/c1-13(8-11-12-6-7-15-11)9-4-2-3-5-10(9)14/h6-7,9-10,14H,2-5,8H2,1H3. The van der Waals surface area contributed by atoms with E-state index >= 15 is 0 Å². The highest BCUT2D eigenvalue weighted by Gasteiger charge is 2.26. The Kier molecular flexibility index (Phi) is 3.72. The molecule has 1 N–H and O–H groups in total. The molecule has 15 heavy (non-hydrogen) atoms. The van der Waals surface area contributed by atoms with Crippen molar-refractivity contribution >= 4 is 11.3 Å². The predicted molar refractivity (Wildman–Crippen MR) is 61.8 cm³/mol. The third kappa shape index (κ3) is 2.77. The Hall–Kier alpha value is -0.450. The maximum absolute atomic E-state index is 9.91. The van der Waals surface area contributed by atoms with Crippen LogP contribution in [0.4, 0.5) is 0 Å². The molecule has 84 valence electrons. The molecule has 2 atom stereocenters. The second-order valence-corrected chi connectivity index (χ2v) is 5.24. The highest BCUT2D eigenvalue weighted by Crippen LogP contribution is 2.23. The van der Waals surface area contributed by atoms with E-state index in [9.17, 15) is 5.11 Å². The Bertz CT molecular complexity index is 289. The maximum atomic E-state index is 9.91. The van der Waals surface area contributed by atoms with E-state index in [1.165, 1.54) is 12.8 Å². The molecule has 1 aromatic heterocycles. The van der Waals surface area contributed by atoms with Crippen LogP contribution in [0.5, 0.6) is 0 Å². The largest absolute Gasteiger partial charge is 0.391 e. The zero-order valence-electron chi connectivity index (χ0n) is 9.09. The molecule has 0 saturated heterocycles. The maximum Gasteiger partial charge on any atom is 0.107 e. The summed E-state index contributed by atoms with van der Waals surface area (Å²) < 4.78 is 0. The lowest BCUT2D eigenvalue weighted by Gasteiger charge is -2.34. The highest BCUT2D eigenvalue weighted by molar-refractivity contribution is 7.09. The second-order valence-electron chi connectivity index (χ2n) is 4.26. The molecule has 1 heterocycles. The van der Waals surface area contributed by atoms with Gasteiger partial charge in [0.1, 0.15) is 5.01 Å². The third-order valence-corrected chi connectivity index (χ3v) is 3.89. The van der Waals surface area contributed by atoms with Gasteiger partial charge in [0.05, 0.1) is 12.6 Å². The molecule has 0 bridgehead atoms. The van der Waals surface area contributed by atoms with E-state index in [1.807, 2.05) is 11.6 Å². The summed E-state index contributed by atoms with van der Waals surface area (Å²) in [6.07, 6.45) is 6.16. The summed E-state index contributed by atoms with van der Waals surface area (Å²) in [7, 11) is 2.08. The fourth-order valence-electron chi connectivity index (χ4n) is 2.27. The lowest BCUT2D eigenvalue weighted by Crippen LogP contribution is -2.42. The van der Waals surface area contributed by atoms with Gasteiger partial charge in [-0.3, -0.25) is 4.90 Å². The number of rotatable bonds is 3. The molecule has 0 aromatic carbocycles. The number of aromatic nitrogens is 1. The minimum atomic E-state index is -0.149. The molecule has 2 rings (SSSR count). The molecule has 1 fully saturated rings. The zero-order valence-corrected chi connectivity index (χ0v) is 9.91. The Morgan fingerprint density at radius 2 is 2.33 bits per heavy atom. The number of hydrogen-bond donors (Lipinski definition) is 1. The van der Waals surface area contributed by atoms with Crippen molar-refractivity contribution in [2.45, 2.75) is 44.4 Å². The number of likely N-dealkylation sites (N-methyl/N-ethyl adjacent to an activating group) is 1. The van der Waals surface area contributed by atoms with Gasteiger partial charge in [-0.25, -0.2) is 4.98 Å². The van der Waals surface area contributed by atoms with Gasteiger partial charge in [-0.2, -0.15) is 0 Å². The SMILES string of the molecule is CN(Cc1nccs1)C1CCCCC1O. The van der Waals surface area contributed by atoms with Gasteiger partial charge in [-0.05, 0) is 19.9 Å². The summed E-state index contributed by atoms with van der Waals surface area (Å²) >= 11 is 1.68. The van der Waals surface area contributed by atoms with Crippen LogP contribution in [0.1, 0.15) is 30.7 Å². The fourth-order valence-corrected chi connectivity index (χ4v) is 2.95. The molecule has 0 amide bonds. The normalized spacial score (nSPS) is 27.1. The van der Waals surface area contributed by atoms with Crippen molar-refractivity contribution in [1.29, 1.82) is 0 Å². The van der Waals surface area contributed by atoms with E-state index in [4.69, 9.17) is 0 Å². The molecule has 1 aromatic rings. The van der Waals surface area contributed by atoms with Crippen molar-refractivity contribution in [3.05, 3.63) is 16.6 Å². The number of aliphatic hydroxyl groups is 1. The lowest BCUT2D eigenvalue weighted by atomic mass is 9.92. The summed E-state index contributed by atoms with van der Waals surface area (Å²) in [6.45, 7) is 0.861. The number of thiazole rings is 1. The van der Waals surface area contributed by atoms with Crippen LogP contribution in [-0.2, 0) is 6.54 Å². The van der Waals surface area contributed by atoms with Crippen molar-refractivity contribution in [2.24, 2.45) is 0 Å². The Labute approximate surface area is 94.8 Å². The Morgan fingerprint density at radius 1 is 1.53 bits per heavy atom. The van der Waals surface area contributed by atoms with Gasteiger partial charge in [-0.15, -0.1) is 11.3 Å². The molecule has 0 aliphatic heterocycles. The van der Waals surface area contributed by atoms with Crippen LogP contribution in [-0.4, -0.2) is 34.2 Å². The van der Waals surface area contributed by atoms with Gasteiger partial charge < -0.3 is 5.11 Å². The van der Waals surface area contributed by atoms with Gasteiger partial charge in [-0.1, -0.05) is 12.8 Å². The van der Waals surface area contributed by atoms with Gasteiger partial charge in [0.25, 0.3) is 0 Å². The van der Waals surface area contributed by atoms with Crippen molar-refractivity contribution < 1.29 is 5.11 Å². The minimum Gasteiger partial charge on any atom is -0.391 e. The molecular formula is C11H18N2OS. The Balaban J connectivity index is 1.91. The lowest BCUT2D eigenvalue weighted by molar-refractivity contribution is 0.0288. The molecule has 2 unspecified atom stereocenters. The van der Waals surface area contributed by atoms with Crippen LogP contribution in [0.25, 0.3) is 0 Å². The van der Waals surface area contributed by atoms with Crippen molar-refractivity contribution in [2.75, 3.05) is 7.05 Å². The molecule has 4 heteroatoms. The first kappa shape index (κ1) is 11.0. The van der Waals surface area contributed by atoms with E-state index in [0.717, 1.165) is 24.4 Å². The summed E-state index contributed by atoms with van der Waals surface area (Å²) in [4.78, 5) is 6.51. The van der Waals surface area contributed by atoms with Crippen LogP contribution in [0.2, 0.25) is 0 Å². The van der Waals surface area contributed by atoms with E-state index in [0.29, 0.717) is 6.04 Å². The molecule has 0 spiro atoms. The van der Waals surface area contributed by atoms with Crippen LogP contribution in [0, 0.1) is 0 Å². The third-order valence-electron chi connectivity index (χ3n) is 3.13. The van der Waals surface area contributed by atoms with Gasteiger partial charge >= 0.3 is 0 Å². The summed E-state index contributed by atoms with van der Waals surface area (Å²) in [5.74, 6) is 0. The second kappa shape index (κ2) is 5.05. The Morgan fingerprint density at radius 3 is 3.00 bits per heavy atom. The minimum absolute atomic E-state index is 0.149. The monoisotopic (exact) mass is 226 g/mol. The highest BCUT2D eigenvalue weighted by atomic mass is 32.1. The fraction of sp³-hybridized carbons (Fsp3) is 0.727. The first-order chi connectivity index (χ1) is 7.27. The van der Waals surface area contributed by atoms with E-state index < -0.39 is 0 Å². The summed E-state index contributed by atoms with van der Waals surface area (Å²) in [5.41, 5.74) is 0. The number of aliphatic hydroxyl groups excluding tert-OH is 1. The quantitative estimate of drug-likeness (QED) is 0.855. The van der Waals surface area contributed by atoms with Crippen LogP contribution >= 0.6 is 11.3 Å². The van der Waals surface area contributed by atoms with Crippen molar-refractivity contribution in [3.8, 4) is 0 Å². The van der Waals surface area contributed by atoms with E-state index in [-0.39, 0.29) is 6.10 Å². The average Bonchev–Trinajstić information content (AvgIpc) is 2.71. The summed E-state index contributed by atoms with van der Waals surface area (Å²) in [6, 6.07) is 0.322. The smallest absolute Gasteiger partial charge is 0.107 e. The molecule has 1 saturated carbocycles. The average molecular weight is 226 g/mol.